The lowest BCUT2D eigenvalue weighted by Gasteiger charge is -2.09. The second-order valence-corrected chi connectivity index (χ2v) is 4.93. The fourth-order valence-corrected chi connectivity index (χ4v) is 2.04. The summed E-state index contributed by atoms with van der Waals surface area (Å²) >= 11 is 0. The highest BCUT2D eigenvalue weighted by molar-refractivity contribution is 5.94. The molecular weight excluding hydrogens is 292 g/mol. The number of hydrogen-bond donors (Lipinski definition) is 0. The van der Waals surface area contributed by atoms with Crippen LogP contribution < -0.4 is 4.74 Å². The van der Waals surface area contributed by atoms with Gasteiger partial charge in [0.05, 0.1) is 7.11 Å². The summed E-state index contributed by atoms with van der Waals surface area (Å²) < 4.78 is 10.4. The van der Waals surface area contributed by atoms with E-state index in [4.69, 9.17) is 9.47 Å². The van der Waals surface area contributed by atoms with Crippen molar-refractivity contribution in [1.82, 2.24) is 0 Å². The number of carbonyl (C=O) groups is 2. The maximum Gasteiger partial charge on any atom is 0.331 e. The van der Waals surface area contributed by atoms with Gasteiger partial charge in [0.2, 0.25) is 0 Å². The molecule has 0 spiro atoms. The molecule has 0 radical (unpaired) electrons. The van der Waals surface area contributed by atoms with Crippen LogP contribution in [0.3, 0.4) is 0 Å². The largest absolute Gasteiger partial charge is 0.496 e. The number of hydrogen-bond acceptors (Lipinski definition) is 4. The predicted molar refractivity (Wildman–Crippen MR) is 88.3 cm³/mol. The Hall–Kier alpha value is -2.88. The highest BCUT2D eigenvalue weighted by Crippen LogP contribution is 2.21. The van der Waals surface area contributed by atoms with Gasteiger partial charge in [-0.25, -0.2) is 4.79 Å². The van der Waals surface area contributed by atoms with Gasteiger partial charge in [-0.1, -0.05) is 30.3 Å². The molecule has 0 fully saturated rings. The summed E-state index contributed by atoms with van der Waals surface area (Å²) in [6.45, 7) is 1.53. The summed E-state index contributed by atoms with van der Waals surface area (Å²) in [6.07, 6.45) is 3.06. The van der Waals surface area contributed by atoms with Crippen molar-refractivity contribution in [3.8, 4) is 5.75 Å². The molecule has 0 atom stereocenters. The van der Waals surface area contributed by atoms with E-state index in [1.54, 1.807) is 24.3 Å². The minimum absolute atomic E-state index is 0.0439. The summed E-state index contributed by atoms with van der Waals surface area (Å²) in [7, 11) is 1.53. The average Bonchev–Trinajstić information content (AvgIpc) is 2.58. The maximum absolute atomic E-state index is 11.8. The second-order valence-electron chi connectivity index (χ2n) is 4.93. The Bertz CT molecular complexity index is 717. The molecule has 4 heteroatoms. The van der Waals surface area contributed by atoms with E-state index in [1.807, 2.05) is 30.3 Å². The van der Waals surface area contributed by atoms with E-state index in [9.17, 15) is 9.59 Å². The van der Waals surface area contributed by atoms with Gasteiger partial charge in [0, 0.05) is 17.2 Å². The second kappa shape index (κ2) is 7.94. The summed E-state index contributed by atoms with van der Waals surface area (Å²) in [5, 5.41) is 0. The topological polar surface area (TPSA) is 52.6 Å². The normalized spacial score (nSPS) is 10.5. The molecule has 0 aliphatic carbocycles. The quantitative estimate of drug-likeness (QED) is 0.464. The van der Waals surface area contributed by atoms with E-state index < -0.39 is 5.97 Å². The number of ketones is 1. The molecule has 2 rings (SSSR count). The third kappa shape index (κ3) is 4.81. The number of Topliss-reactive ketones (excluding diaryl/α,β-unsaturated/α-hetero) is 1. The standard InChI is InChI=1S/C19H18O4/c1-14(20)16-9-10-18(22-2)17(12-16)13-23-19(21)11-8-15-6-4-3-5-7-15/h3-12H,13H2,1-2H3/b11-8+. The average molecular weight is 310 g/mol. The van der Waals surface area contributed by atoms with Gasteiger partial charge in [-0.2, -0.15) is 0 Å². The van der Waals surface area contributed by atoms with E-state index >= 15 is 0 Å². The van der Waals surface area contributed by atoms with Gasteiger partial charge in [-0.3, -0.25) is 4.79 Å². The van der Waals surface area contributed by atoms with Gasteiger partial charge < -0.3 is 9.47 Å². The Kier molecular flexibility index (Phi) is 5.69. The van der Waals surface area contributed by atoms with Crippen LogP contribution in [0.15, 0.2) is 54.6 Å². The van der Waals surface area contributed by atoms with Gasteiger partial charge in [-0.05, 0) is 36.8 Å². The molecule has 118 valence electrons. The van der Waals surface area contributed by atoms with Crippen LogP contribution in [0.1, 0.15) is 28.4 Å². The van der Waals surface area contributed by atoms with E-state index in [-0.39, 0.29) is 12.4 Å². The first-order chi connectivity index (χ1) is 11.1. The third-order valence-corrected chi connectivity index (χ3v) is 3.27. The molecule has 0 N–H and O–H groups in total. The Morgan fingerprint density at radius 3 is 2.48 bits per heavy atom. The smallest absolute Gasteiger partial charge is 0.331 e. The summed E-state index contributed by atoms with van der Waals surface area (Å²) in [6, 6.07) is 14.5. The molecule has 0 saturated heterocycles. The number of ether oxygens (including phenoxy) is 2. The SMILES string of the molecule is COc1ccc(C(C)=O)cc1COC(=O)/C=C/c1ccccc1. The zero-order valence-corrected chi connectivity index (χ0v) is 13.1. The van der Waals surface area contributed by atoms with E-state index in [0.717, 1.165) is 5.56 Å². The highest BCUT2D eigenvalue weighted by atomic mass is 16.5. The molecule has 0 unspecified atom stereocenters. The van der Waals surface area contributed by atoms with Gasteiger partial charge >= 0.3 is 5.97 Å². The molecule has 0 heterocycles. The minimum Gasteiger partial charge on any atom is -0.496 e. The van der Waals surface area contributed by atoms with Crippen LogP contribution in [-0.4, -0.2) is 18.9 Å². The van der Waals surface area contributed by atoms with E-state index in [2.05, 4.69) is 0 Å². The summed E-state index contributed by atoms with van der Waals surface area (Å²) in [4.78, 5) is 23.2. The van der Waals surface area contributed by atoms with E-state index in [0.29, 0.717) is 16.9 Å². The van der Waals surface area contributed by atoms with Gasteiger partial charge in [0.15, 0.2) is 5.78 Å². The Morgan fingerprint density at radius 1 is 1.09 bits per heavy atom. The monoisotopic (exact) mass is 310 g/mol. The van der Waals surface area contributed by atoms with Crippen molar-refractivity contribution >= 4 is 17.8 Å². The number of methoxy groups -OCH3 is 1. The van der Waals surface area contributed by atoms with Crippen LogP contribution in [0.4, 0.5) is 0 Å². The Labute approximate surface area is 135 Å². The fraction of sp³-hybridized carbons (Fsp3) is 0.158. The molecule has 2 aromatic carbocycles. The van der Waals surface area contributed by atoms with Gasteiger partial charge in [-0.15, -0.1) is 0 Å². The first-order valence-electron chi connectivity index (χ1n) is 7.18. The molecule has 0 saturated carbocycles. The van der Waals surface area contributed by atoms with Crippen molar-refractivity contribution in [2.75, 3.05) is 7.11 Å². The van der Waals surface area contributed by atoms with Crippen molar-refractivity contribution in [2.24, 2.45) is 0 Å². The maximum atomic E-state index is 11.8. The molecular formula is C19H18O4. The molecule has 0 aromatic heterocycles. The molecule has 0 aliphatic rings. The molecule has 0 bridgehead atoms. The Balaban J connectivity index is 2.02. The van der Waals surface area contributed by atoms with Crippen LogP contribution in [0.5, 0.6) is 5.75 Å². The Morgan fingerprint density at radius 2 is 1.83 bits per heavy atom. The van der Waals surface area contributed by atoms with Crippen molar-refractivity contribution < 1.29 is 19.1 Å². The molecule has 0 amide bonds. The zero-order valence-electron chi connectivity index (χ0n) is 13.1. The lowest BCUT2D eigenvalue weighted by Crippen LogP contribution is -2.04. The lowest BCUT2D eigenvalue weighted by atomic mass is 10.1. The van der Waals surface area contributed by atoms with Crippen molar-refractivity contribution in [3.63, 3.8) is 0 Å². The number of esters is 1. The number of benzene rings is 2. The zero-order chi connectivity index (χ0) is 16.7. The third-order valence-electron chi connectivity index (χ3n) is 3.27. The highest BCUT2D eigenvalue weighted by Gasteiger charge is 2.09. The van der Waals surface area contributed by atoms with Gasteiger partial charge in [0.25, 0.3) is 0 Å². The van der Waals surface area contributed by atoms with Crippen LogP contribution in [0.2, 0.25) is 0 Å². The van der Waals surface area contributed by atoms with Crippen LogP contribution in [0.25, 0.3) is 6.08 Å². The van der Waals surface area contributed by atoms with Crippen LogP contribution in [0, 0.1) is 0 Å². The minimum atomic E-state index is -0.455. The van der Waals surface area contributed by atoms with Gasteiger partial charge in [0.1, 0.15) is 12.4 Å². The van der Waals surface area contributed by atoms with Crippen molar-refractivity contribution in [3.05, 3.63) is 71.3 Å². The fourth-order valence-electron chi connectivity index (χ4n) is 2.04. The predicted octanol–water partition coefficient (Wildman–Crippen LogP) is 3.65. The first-order valence-corrected chi connectivity index (χ1v) is 7.18. The lowest BCUT2D eigenvalue weighted by molar-refractivity contribution is -0.138. The number of rotatable bonds is 6. The molecule has 2 aromatic rings. The first kappa shape index (κ1) is 16.5. The van der Waals surface area contributed by atoms with Crippen molar-refractivity contribution in [1.29, 1.82) is 0 Å². The van der Waals surface area contributed by atoms with Crippen LogP contribution in [-0.2, 0) is 16.1 Å². The van der Waals surface area contributed by atoms with E-state index in [1.165, 1.54) is 20.1 Å². The molecule has 23 heavy (non-hydrogen) atoms. The molecule has 0 aliphatic heterocycles. The van der Waals surface area contributed by atoms with Crippen LogP contribution >= 0.6 is 0 Å². The van der Waals surface area contributed by atoms with Crippen molar-refractivity contribution in [2.45, 2.75) is 13.5 Å². The number of carbonyl (C=O) groups excluding carboxylic acids is 2. The summed E-state index contributed by atoms with van der Waals surface area (Å²) in [5.74, 6) is 0.0724. The molecule has 4 nitrogen and oxygen atoms in total. The summed E-state index contributed by atoms with van der Waals surface area (Å²) in [5.41, 5.74) is 2.12.